The molecule has 190 valence electrons. The molecule has 1 saturated heterocycles. The molecule has 0 unspecified atom stereocenters. The molecule has 1 fully saturated rings. The Balaban J connectivity index is 1.28. The number of phenolic OH excluding ortho intramolecular Hbond substituents is 1. The van der Waals surface area contributed by atoms with E-state index in [9.17, 15) is 14.7 Å². The summed E-state index contributed by atoms with van der Waals surface area (Å²) in [4.78, 5) is 34.4. The van der Waals surface area contributed by atoms with Crippen LogP contribution >= 0.6 is 11.6 Å². The highest BCUT2D eigenvalue weighted by Crippen LogP contribution is 2.45. The van der Waals surface area contributed by atoms with Gasteiger partial charge >= 0.3 is 0 Å². The van der Waals surface area contributed by atoms with Gasteiger partial charge in [0, 0.05) is 48.6 Å². The van der Waals surface area contributed by atoms with Crippen LogP contribution in [-0.4, -0.2) is 66.8 Å². The molecule has 8 nitrogen and oxygen atoms in total. The molecule has 6 rings (SSSR count). The summed E-state index contributed by atoms with van der Waals surface area (Å²) in [5.41, 5.74) is 2.54. The molecule has 9 heteroatoms. The molecule has 0 bridgehead atoms. The van der Waals surface area contributed by atoms with Gasteiger partial charge in [0.2, 0.25) is 0 Å². The van der Waals surface area contributed by atoms with Crippen LogP contribution in [0.3, 0.4) is 0 Å². The van der Waals surface area contributed by atoms with Crippen molar-refractivity contribution in [3.05, 3.63) is 53.6 Å². The van der Waals surface area contributed by atoms with Crippen molar-refractivity contribution in [2.24, 2.45) is 4.99 Å². The second-order valence-corrected chi connectivity index (χ2v) is 9.83. The first-order valence-corrected chi connectivity index (χ1v) is 12.8. The Morgan fingerprint density at radius 2 is 2.00 bits per heavy atom. The topological polar surface area (TPSA) is 91.7 Å². The molecule has 0 aromatic heterocycles. The predicted octanol–water partition coefficient (Wildman–Crippen LogP) is 4.62. The molecule has 3 aliphatic rings. The molecular formula is C28H26ClN3O5. The Morgan fingerprint density at radius 3 is 2.78 bits per heavy atom. The van der Waals surface area contributed by atoms with Gasteiger partial charge in [-0.2, -0.15) is 0 Å². The van der Waals surface area contributed by atoms with Crippen molar-refractivity contribution >= 4 is 51.8 Å². The minimum Gasteiger partial charge on any atom is -0.507 e. The molecule has 3 aromatic rings. The minimum absolute atomic E-state index is 0.00514. The smallest absolute Gasteiger partial charge is 0.264 e. The Bertz CT molecular complexity index is 1460. The SMILES string of the molecule is COc1cc2c(cc1OCC(=O)N1C[C@H](CCl)c3c1cc(O)c1ccccc31)N=C[C@@H]1CCCN1C2=O. The van der Waals surface area contributed by atoms with Gasteiger partial charge in [-0.25, -0.2) is 0 Å². The molecule has 3 aromatic carbocycles. The summed E-state index contributed by atoms with van der Waals surface area (Å²) < 4.78 is 11.4. The molecule has 0 aliphatic carbocycles. The molecule has 3 aliphatic heterocycles. The molecule has 37 heavy (non-hydrogen) atoms. The number of carbonyl (C=O) groups is 2. The van der Waals surface area contributed by atoms with Crippen molar-refractivity contribution in [3.63, 3.8) is 0 Å². The van der Waals surface area contributed by atoms with Gasteiger partial charge in [-0.15, -0.1) is 11.6 Å². The van der Waals surface area contributed by atoms with E-state index < -0.39 is 0 Å². The number of hydrogen-bond acceptors (Lipinski definition) is 6. The Labute approximate surface area is 219 Å². The molecular weight excluding hydrogens is 494 g/mol. The highest BCUT2D eigenvalue weighted by Gasteiger charge is 2.35. The Hall–Kier alpha value is -3.78. The van der Waals surface area contributed by atoms with E-state index in [-0.39, 0.29) is 36.1 Å². The number of aliphatic imine (C=N–C) groups is 1. The minimum atomic E-state index is -0.277. The number of hydrogen-bond donors (Lipinski definition) is 1. The van der Waals surface area contributed by atoms with Crippen LogP contribution in [0.15, 0.2) is 47.5 Å². The van der Waals surface area contributed by atoms with E-state index in [2.05, 4.69) is 4.99 Å². The van der Waals surface area contributed by atoms with Crippen molar-refractivity contribution in [2.75, 3.05) is 37.6 Å². The third-order valence-corrected chi connectivity index (χ3v) is 7.81. The number of alkyl halides is 1. The van der Waals surface area contributed by atoms with Crippen LogP contribution in [-0.2, 0) is 4.79 Å². The van der Waals surface area contributed by atoms with Gasteiger partial charge in [-0.3, -0.25) is 14.6 Å². The fraction of sp³-hybridized carbons (Fsp3) is 0.321. The fourth-order valence-electron chi connectivity index (χ4n) is 5.63. The Morgan fingerprint density at radius 1 is 1.19 bits per heavy atom. The predicted molar refractivity (Wildman–Crippen MR) is 142 cm³/mol. The molecule has 3 heterocycles. The summed E-state index contributed by atoms with van der Waals surface area (Å²) in [5, 5.41) is 12.2. The Kier molecular flexibility index (Phi) is 5.91. The van der Waals surface area contributed by atoms with Gasteiger partial charge in [0.25, 0.3) is 11.8 Å². The maximum Gasteiger partial charge on any atom is 0.264 e. The summed E-state index contributed by atoms with van der Waals surface area (Å²) in [7, 11) is 1.50. The first-order chi connectivity index (χ1) is 18.0. The van der Waals surface area contributed by atoms with Gasteiger partial charge in [-0.1, -0.05) is 24.3 Å². The molecule has 1 N–H and O–H groups in total. The summed E-state index contributed by atoms with van der Waals surface area (Å²) in [6.45, 7) is 0.838. The number of nitrogens with zero attached hydrogens (tertiary/aromatic N) is 3. The van der Waals surface area contributed by atoms with E-state index in [1.165, 1.54) is 7.11 Å². The lowest BCUT2D eigenvalue weighted by molar-refractivity contribution is -0.120. The maximum atomic E-state index is 13.4. The second kappa shape index (κ2) is 9.27. The van der Waals surface area contributed by atoms with Gasteiger partial charge in [0.15, 0.2) is 18.1 Å². The van der Waals surface area contributed by atoms with Crippen molar-refractivity contribution in [1.82, 2.24) is 4.90 Å². The number of aromatic hydroxyl groups is 1. The zero-order valence-electron chi connectivity index (χ0n) is 20.3. The van der Waals surface area contributed by atoms with Crippen LogP contribution in [0.25, 0.3) is 10.8 Å². The number of anilines is 1. The number of ether oxygens (including phenoxy) is 2. The quantitative estimate of drug-likeness (QED) is 0.496. The molecule has 0 spiro atoms. The van der Waals surface area contributed by atoms with Crippen molar-refractivity contribution < 1.29 is 24.2 Å². The normalized spacial score (nSPS) is 20.0. The van der Waals surface area contributed by atoms with Gasteiger partial charge in [0.1, 0.15) is 5.75 Å². The van der Waals surface area contributed by atoms with Gasteiger partial charge in [-0.05, 0) is 29.9 Å². The van der Waals surface area contributed by atoms with Crippen LogP contribution in [0, 0.1) is 0 Å². The van der Waals surface area contributed by atoms with Crippen LogP contribution in [0.4, 0.5) is 11.4 Å². The van der Waals surface area contributed by atoms with E-state index in [1.54, 1.807) is 23.1 Å². The maximum absolute atomic E-state index is 13.4. The van der Waals surface area contributed by atoms with Crippen LogP contribution < -0.4 is 14.4 Å². The fourth-order valence-corrected chi connectivity index (χ4v) is 5.88. The molecule has 2 atom stereocenters. The van der Waals surface area contributed by atoms with E-state index >= 15 is 0 Å². The lowest BCUT2D eigenvalue weighted by Crippen LogP contribution is -2.35. The van der Waals surface area contributed by atoms with E-state index in [0.29, 0.717) is 47.4 Å². The highest BCUT2D eigenvalue weighted by molar-refractivity contribution is 6.19. The van der Waals surface area contributed by atoms with Crippen molar-refractivity contribution in [1.29, 1.82) is 0 Å². The molecule has 0 saturated carbocycles. The van der Waals surface area contributed by atoms with Crippen LogP contribution in [0.5, 0.6) is 17.2 Å². The van der Waals surface area contributed by atoms with Gasteiger partial charge in [0.05, 0.1) is 30.1 Å². The zero-order chi connectivity index (χ0) is 25.7. The van der Waals surface area contributed by atoms with Gasteiger partial charge < -0.3 is 24.4 Å². The standard InChI is InChI=1S/C28H26ClN3O5/c1-36-24-9-20-21(30-13-17-5-4-8-31(17)28(20)35)10-25(24)37-15-26(34)32-14-16(12-29)27-19-7-3-2-6-18(19)23(33)11-22(27)32/h2-3,6-7,9-11,13,16-17,33H,4-5,8,12,14-15H2,1H3/t16-,17-/m0/s1. The summed E-state index contributed by atoms with van der Waals surface area (Å²) in [6, 6.07) is 12.5. The average molecular weight is 520 g/mol. The summed E-state index contributed by atoms with van der Waals surface area (Å²) >= 11 is 6.29. The van der Waals surface area contributed by atoms with Crippen molar-refractivity contribution in [2.45, 2.75) is 24.8 Å². The lowest BCUT2D eigenvalue weighted by atomic mass is 9.95. The number of carbonyl (C=O) groups excluding carboxylic acids is 2. The number of amides is 2. The van der Waals surface area contributed by atoms with E-state index in [1.807, 2.05) is 35.4 Å². The molecule has 2 amide bonds. The first kappa shape index (κ1) is 23.6. The van der Waals surface area contributed by atoms with E-state index in [0.717, 1.165) is 29.2 Å². The van der Waals surface area contributed by atoms with Crippen molar-refractivity contribution in [3.8, 4) is 17.2 Å². The number of phenols is 1. The zero-order valence-corrected chi connectivity index (χ0v) is 21.1. The summed E-state index contributed by atoms with van der Waals surface area (Å²) in [6.07, 6.45) is 3.65. The first-order valence-electron chi connectivity index (χ1n) is 12.3. The number of rotatable bonds is 5. The number of halogens is 1. The van der Waals surface area contributed by atoms with Crippen LogP contribution in [0.2, 0.25) is 0 Å². The van der Waals surface area contributed by atoms with E-state index in [4.69, 9.17) is 21.1 Å². The monoisotopic (exact) mass is 519 g/mol. The highest BCUT2D eigenvalue weighted by atomic mass is 35.5. The third-order valence-electron chi connectivity index (χ3n) is 7.44. The third kappa shape index (κ3) is 3.87. The number of fused-ring (bicyclic) bond motifs is 5. The summed E-state index contributed by atoms with van der Waals surface area (Å²) in [5.74, 6) is 0.717. The lowest BCUT2D eigenvalue weighted by Gasteiger charge is -2.21. The molecule has 0 radical (unpaired) electrons. The number of benzene rings is 3. The number of methoxy groups -OCH3 is 1. The second-order valence-electron chi connectivity index (χ2n) is 9.52. The van der Waals surface area contributed by atoms with Crippen LogP contribution in [0.1, 0.15) is 34.7 Å². The largest absolute Gasteiger partial charge is 0.507 e. The average Bonchev–Trinajstić information content (AvgIpc) is 3.52.